The summed E-state index contributed by atoms with van der Waals surface area (Å²) < 4.78 is 70.8. The summed E-state index contributed by atoms with van der Waals surface area (Å²) in [6, 6.07) is 0. The van der Waals surface area contributed by atoms with E-state index in [1.807, 2.05) is 0 Å². The van der Waals surface area contributed by atoms with Crippen LogP contribution in [0.15, 0.2) is 0 Å². The van der Waals surface area contributed by atoms with Crippen molar-refractivity contribution in [1.29, 1.82) is 0 Å². The van der Waals surface area contributed by atoms with Crippen molar-refractivity contribution >= 4 is 48.7 Å². The number of hydrogen-bond acceptors (Lipinski definition) is 16. The first-order chi connectivity index (χ1) is 9.67. The molecule has 0 rings (SSSR count). The maximum atomic E-state index is 10.1. The third-order valence-electron chi connectivity index (χ3n) is 0.667. The second-order valence-corrected chi connectivity index (χ2v) is 8.31. The summed E-state index contributed by atoms with van der Waals surface area (Å²) in [7, 11) is -25.2. The Morgan fingerprint density at radius 3 is 0.655 bits per heavy atom. The van der Waals surface area contributed by atoms with Crippen LogP contribution in [0.1, 0.15) is 7.43 Å². The molecule has 0 heterocycles. The Hall–Kier alpha value is 10.3. The van der Waals surface area contributed by atoms with Crippen LogP contribution in [0.25, 0.3) is 0 Å². The van der Waals surface area contributed by atoms with Gasteiger partial charge in [0, 0.05) is 0 Å². The van der Waals surface area contributed by atoms with Gasteiger partial charge in [0.1, 0.15) is 0 Å². The second kappa shape index (κ2) is 36.3. The van der Waals surface area contributed by atoms with Gasteiger partial charge in [-0.2, -0.15) is 0 Å². The van der Waals surface area contributed by atoms with Crippen molar-refractivity contribution < 1.29 is 382 Å². The normalized spacial score (nSPS) is 14.3. The zero-order chi connectivity index (χ0) is 18.1. The predicted octanol–water partition coefficient (Wildman–Crippen LogP) is -20.3. The summed E-state index contributed by atoms with van der Waals surface area (Å²) in [6.45, 7) is 0. The van der Waals surface area contributed by atoms with Gasteiger partial charge in [0.15, 0.2) is 0 Å². The van der Waals surface area contributed by atoms with Gasteiger partial charge in [-0.15, -0.1) is 0 Å². The quantitative estimate of drug-likeness (QED) is 0.169. The zero-order valence-electron chi connectivity index (χ0n) is 15.2. The molecule has 0 saturated heterocycles. The topological polar surface area (TPSA) is 278 Å². The molecule has 0 aliphatic rings. The van der Waals surface area contributed by atoms with Crippen LogP contribution in [0.3, 0.4) is 0 Å². The molecular formula is CH4K6O16P6+4. The Kier molecular flexibility index (Phi) is 78.6. The van der Waals surface area contributed by atoms with Gasteiger partial charge in [0.25, 0.3) is 0 Å². The summed E-state index contributed by atoms with van der Waals surface area (Å²) >= 11 is 0. The van der Waals surface area contributed by atoms with E-state index in [1.165, 1.54) is 0 Å². The monoisotopic (exact) mass is 692 g/mol. The molecule has 4 unspecified atom stereocenters. The van der Waals surface area contributed by atoms with Crippen molar-refractivity contribution in [3.05, 3.63) is 0 Å². The molecule has 0 aromatic carbocycles. The fourth-order valence-corrected chi connectivity index (χ4v) is 3.74. The largest absolute Gasteiger partial charge is 1.00 e. The standard InChI is InChI=1S/CH4.6K.2HO8P3/c;;;;;;;2*1-9(2)7-11(5,6)8-10(3)4/h1H4;;;;;;;2*(H,5,6)/q;6*+1;;/p-2. The Bertz CT molecular complexity index is 466. The zero-order valence-corrected chi connectivity index (χ0v) is 39.3. The van der Waals surface area contributed by atoms with Gasteiger partial charge in [0.2, 0.25) is 0 Å². The second-order valence-electron chi connectivity index (χ2n) is 2.12. The maximum absolute atomic E-state index is 10.1. The molecule has 4 atom stereocenters. The molecule has 0 aliphatic carbocycles. The Morgan fingerprint density at radius 1 is 0.483 bits per heavy atom. The van der Waals surface area contributed by atoms with Gasteiger partial charge < -0.3 is 29.4 Å². The minimum Gasteiger partial charge on any atom is -0.750 e. The van der Waals surface area contributed by atoms with Crippen LogP contribution in [-0.2, 0) is 44.6 Å². The third-order valence-corrected chi connectivity index (χ3v) is 6.00. The van der Waals surface area contributed by atoms with Crippen molar-refractivity contribution in [1.82, 2.24) is 0 Å². The van der Waals surface area contributed by atoms with Crippen LogP contribution in [0.5, 0.6) is 0 Å². The first kappa shape index (κ1) is 62.8. The van der Waals surface area contributed by atoms with Crippen molar-refractivity contribution in [2.24, 2.45) is 0 Å². The van der Waals surface area contributed by atoms with Crippen LogP contribution < -0.4 is 338 Å². The molecular weight excluding hydrogens is 688 g/mol. The van der Waals surface area contributed by atoms with Crippen molar-refractivity contribution in [3.63, 3.8) is 0 Å². The molecule has 16 nitrogen and oxygen atoms in total. The minimum atomic E-state index is -5.25. The smallest absolute Gasteiger partial charge is 0.750 e. The van der Waals surface area contributed by atoms with Crippen LogP contribution >= 0.6 is 48.7 Å². The van der Waals surface area contributed by atoms with Crippen LogP contribution in [-0.4, -0.2) is 0 Å². The van der Waals surface area contributed by atoms with Gasteiger partial charge in [-0.3, -0.25) is 9.13 Å². The van der Waals surface area contributed by atoms with Crippen molar-refractivity contribution in [2.75, 3.05) is 0 Å². The van der Waals surface area contributed by atoms with E-state index >= 15 is 0 Å². The van der Waals surface area contributed by atoms with E-state index in [-0.39, 0.29) is 316 Å². The van der Waals surface area contributed by atoms with Crippen LogP contribution in [0.4, 0.5) is 0 Å². The van der Waals surface area contributed by atoms with E-state index < -0.39 is 48.7 Å². The first-order valence-corrected chi connectivity index (χ1v) is 11.0. The van der Waals surface area contributed by atoms with Gasteiger partial charge in [-0.25, -0.2) is 0 Å². The molecule has 0 amide bonds. The van der Waals surface area contributed by atoms with Crippen LogP contribution in [0.2, 0.25) is 0 Å². The van der Waals surface area contributed by atoms with Gasteiger partial charge >= 0.3 is 357 Å². The molecule has 0 radical (unpaired) electrons. The summed E-state index contributed by atoms with van der Waals surface area (Å²) in [5.74, 6) is 0. The number of hydrogen-bond donors (Lipinski definition) is 0. The van der Waals surface area contributed by atoms with Gasteiger partial charge in [0.05, 0.1) is 0 Å². The molecule has 0 N–H and O–H groups in total. The summed E-state index contributed by atoms with van der Waals surface area (Å²) in [5, 5.41) is 0. The fourth-order valence-electron chi connectivity index (χ4n) is 0.356. The van der Waals surface area contributed by atoms with Gasteiger partial charge in [-0.1, -0.05) is 24.7 Å². The Labute approximate surface area is 424 Å². The number of rotatable bonds is 8. The van der Waals surface area contributed by atoms with Crippen molar-refractivity contribution in [2.45, 2.75) is 7.43 Å². The molecule has 0 fully saturated rings. The minimum absolute atomic E-state index is 0. The van der Waals surface area contributed by atoms with E-state index in [0.717, 1.165) is 0 Å². The molecule has 28 heteroatoms. The SMILES string of the molecule is C.O=[P+]([O-])OP(=O)([O-])O[P+](=O)[O-].O=[P+]([O-])OP(=O)([O-])O[P+](=O)[O-].[K+].[K+].[K+].[K+].[K+].[K+]. The van der Waals surface area contributed by atoms with E-state index in [4.69, 9.17) is 0 Å². The predicted molar refractivity (Wildman–Crippen MR) is 56.7 cm³/mol. The average molecular weight is 692 g/mol. The third kappa shape index (κ3) is 55.0. The van der Waals surface area contributed by atoms with Crippen LogP contribution in [0, 0.1) is 0 Å². The van der Waals surface area contributed by atoms with E-state index in [2.05, 4.69) is 17.2 Å². The fraction of sp³-hybridized carbons (Fsp3) is 1.00. The van der Waals surface area contributed by atoms with Crippen molar-refractivity contribution in [3.8, 4) is 0 Å². The molecule has 0 aromatic heterocycles. The average Bonchev–Trinajstić information content (AvgIpc) is 2.06. The molecule has 29 heavy (non-hydrogen) atoms. The molecule has 0 aromatic rings. The van der Waals surface area contributed by atoms with E-state index in [0.29, 0.717) is 0 Å². The maximum Gasteiger partial charge on any atom is 1.00 e. The van der Waals surface area contributed by atoms with E-state index in [9.17, 15) is 56.8 Å². The molecule has 0 saturated carbocycles. The summed E-state index contributed by atoms with van der Waals surface area (Å²) in [4.78, 5) is 58.4. The first-order valence-electron chi connectivity index (χ1n) is 3.65. The Morgan fingerprint density at radius 2 is 0.586 bits per heavy atom. The molecule has 136 valence electrons. The molecule has 0 aliphatic heterocycles. The summed E-state index contributed by atoms with van der Waals surface area (Å²) in [6.07, 6.45) is 0. The van der Waals surface area contributed by atoms with E-state index in [1.54, 1.807) is 0 Å². The Balaban J connectivity index is -0.0000000317. The summed E-state index contributed by atoms with van der Waals surface area (Å²) in [5.41, 5.74) is 0. The molecule has 0 bridgehead atoms. The number of phosphoric acid groups is 2. The van der Waals surface area contributed by atoms with Gasteiger partial charge in [-0.05, 0) is 18.3 Å². The molecule has 0 spiro atoms.